The molecule has 1 aromatic rings. The number of hydrogen-bond donors (Lipinski definition) is 1. The summed E-state index contributed by atoms with van der Waals surface area (Å²) < 4.78 is 4.72. The highest BCUT2D eigenvalue weighted by Gasteiger charge is 2.36. The zero-order valence-corrected chi connectivity index (χ0v) is 11.2. The van der Waals surface area contributed by atoms with Crippen LogP contribution in [0.25, 0.3) is 0 Å². The van der Waals surface area contributed by atoms with Crippen molar-refractivity contribution in [2.45, 2.75) is 43.8 Å². The molecule has 0 radical (unpaired) electrons. The quantitative estimate of drug-likeness (QED) is 0.885. The number of nitrogens with one attached hydrogen (secondary N) is 1. The van der Waals surface area contributed by atoms with E-state index in [9.17, 15) is 4.79 Å². The second-order valence-corrected chi connectivity index (χ2v) is 5.06. The van der Waals surface area contributed by atoms with Crippen LogP contribution in [0.4, 0.5) is 0 Å². The molecule has 3 heterocycles. The van der Waals surface area contributed by atoms with Gasteiger partial charge in [0, 0.05) is 31.2 Å². The van der Waals surface area contributed by atoms with Crippen molar-refractivity contribution in [3.63, 3.8) is 0 Å². The van der Waals surface area contributed by atoms with Crippen molar-refractivity contribution < 1.29 is 9.32 Å². The molecule has 2 bridgehead atoms. The first-order valence-electron chi connectivity index (χ1n) is 6.17. The SMILES string of the molecule is CN(C(=O)c1ccon1)C1CC2CCC(C1)N2.Cl. The Balaban J connectivity index is 0.00000120. The molecule has 2 saturated heterocycles. The summed E-state index contributed by atoms with van der Waals surface area (Å²) in [5, 5.41) is 7.28. The molecule has 100 valence electrons. The Morgan fingerprint density at radius 3 is 2.67 bits per heavy atom. The highest BCUT2D eigenvalue weighted by atomic mass is 35.5. The zero-order valence-electron chi connectivity index (χ0n) is 10.3. The fourth-order valence-corrected chi connectivity index (χ4v) is 3.01. The summed E-state index contributed by atoms with van der Waals surface area (Å²) >= 11 is 0. The number of fused-ring (bicyclic) bond motifs is 2. The molecular weight excluding hydrogens is 254 g/mol. The van der Waals surface area contributed by atoms with Gasteiger partial charge in [-0.25, -0.2) is 0 Å². The maximum absolute atomic E-state index is 12.1. The van der Waals surface area contributed by atoms with Gasteiger partial charge in [-0.3, -0.25) is 4.79 Å². The topological polar surface area (TPSA) is 58.4 Å². The van der Waals surface area contributed by atoms with E-state index in [-0.39, 0.29) is 18.3 Å². The molecule has 0 aromatic carbocycles. The van der Waals surface area contributed by atoms with Gasteiger partial charge in [0.2, 0.25) is 0 Å². The third-order valence-corrected chi connectivity index (χ3v) is 3.97. The molecule has 6 heteroatoms. The van der Waals surface area contributed by atoms with Crippen LogP contribution in [0.1, 0.15) is 36.2 Å². The van der Waals surface area contributed by atoms with Crippen molar-refractivity contribution in [3.8, 4) is 0 Å². The molecule has 2 aliphatic rings. The van der Waals surface area contributed by atoms with Crippen LogP contribution in [0.3, 0.4) is 0 Å². The van der Waals surface area contributed by atoms with Gasteiger partial charge in [-0.2, -0.15) is 0 Å². The van der Waals surface area contributed by atoms with E-state index in [1.165, 1.54) is 19.1 Å². The molecule has 0 aliphatic carbocycles. The van der Waals surface area contributed by atoms with E-state index in [4.69, 9.17) is 4.52 Å². The van der Waals surface area contributed by atoms with Gasteiger partial charge in [0.15, 0.2) is 5.69 Å². The van der Waals surface area contributed by atoms with Gasteiger partial charge in [0.05, 0.1) is 0 Å². The van der Waals surface area contributed by atoms with Crippen molar-refractivity contribution in [1.29, 1.82) is 0 Å². The van der Waals surface area contributed by atoms with Crippen molar-refractivity contribution in [2.24, 2.45) is 0 Å². The fourth-order valence-electron chi connectivity index (χ4n) is 3.01. The van der Waals surface area contributed by atoms with Gasteiger partial charge in [0.1, 0.15) is 6.26 Å². The standard InChI is InChI=1S/C12H17N3O2.ClH/c1-15(12(16)11-4-5-17-14-11)10-6-8-2-3-9(7-10)13-8;/h4-5,8-10,13H,2-3,6-7H2,1H3;1H. The number of halogens is 1. The minimum Gasteiger partial charge on any atom is -0.364 e. The molecule has 1 aromatic heterocycles. The van der Waals surface area contributed by atoms with Gasteiger partial charge in [0.25, 0.3) is 5.91 Å². The summed E-state index contributed by atoms with van der Waals surface area (Å²) in [6, 6.07) is 3.13. The number of piperidine rings is 1. The summed E-state index contributed by atoms with van der Waals surface area (Å²) in [4.78, 5) is 13.9. The molecule has 18 heavy (non-hydrogen) atoms. The second kappa shape index (κ2) is 5.28. The molecule has 2 unspecified atom stereocenters. The summed E-state index contributed by atoms with van der Waals surface area (Å²) in [6.07, 6.45) is 6.03. The zero-order chi connectivity index (χ0) is 11.8. The minimum atomic E-state index is -0.0370. The minimum absolute atomic E-state index is 0. The van der Waals surface area contributed by atoms with Crippen molar-refractivity contribution in [3.05, 3.63) is 18.0 Å². The van der Waals surface area contributed by atoms with Gasteiger partial charge in [-0.05, 0) is 25.7 Å². The largest absolute Gasteiger partial charge is 0.364 e. The highest BCUT2D eigenvalue weighted by Crippen LogP contribution is 2.29. The Morgan fingerprint density at radius 1 is 1.44 bits per heavy atom. The van der Waals surface area contributed by atoms with E-state index in [0.717, 1.165) is 12.8 Å². The lowest BCUT2D eigenvalue weighted by atomic mass is 9.98. The van der Waals surface area contributed by atoms with Crippen LogP contribution in [-0.2, 0) is 0 Å². The van der Waals surface area contributed by atoms with Crippen LogP contribution in [0.5, 0.6) is 0 Å². The van der Waals surface area contributed by atoms with Gasteiger partial charge in [-0.1, -0.05) is 5.16 Å². The van der Waals surface area contributed by atoms with Gasteiger partial charge in [-0.15, -0.1) is 12.4 Å². The Hall–Kier alpha value is -1.07. The first kappa shape index (κ1) is 13.4. The Labute approximate surface area is 112 Å². The number of rotatable bonds is 2. The summed E-state index contributed by atoms with van der Waals surface area (Å²) in [5.74, 6) is -0.0370. The second-order valence-electron chi connectivity index (χ2n) is 5.06. The number of aromatic nitrogens is 1. The molecule has 2 aliphatic heterocycles. The first-order valence-corrected chi connectivity index (χ1v) is 6.17. The molecule has 1 N–H and O–H groups in total. The number of hydrogen-bond acceptors (Lipinski definition) is 4. The van der Waals surface area contributed by atoms with Crippen LogP contribution in [-0.4, -0.2) is 41.1 Å². The molecule has 5 nitrogen and oxygen atoms in total. The van der Waals surface area contributed by atoms with Crippen LogP contribution >= 0.6 is 12.4 Å². The molecule has 0 saturated carbocycles. The normalized spacial score (nSPS) is 29.7. The predicted octanol–water partition coefficient (Wildman–Crippen LogP) is 1.45. The van der Waals surface area contributed by atoms with E-state index >= 15 is 0 Å². The molecule has 1 amide bonds. The van der Waals surface area contributed by atoms with Crippen molar-refractivity contribution >= 4 is 18.3 Å². The third-order valence-electron chi connectivity index (χ3n) is 3.97. The monoisotopic (exact) mass is 271 g/mol. The lowest BCUT2D eigenvalue weighted by Gasteiger charge is -2.35. The number of carbonyl (C=O) groups excluding carboxylic acids is 1. The van der Waals surface area contributed by atoms with E-state index in [1.807, 2.05) is 11.9 Å². The molecule has 3 rings (SSSR count). The Kier molecular flexibility index (Phi) is 3.92. The molecule has 2 atom stereocenters. The summed E-state index contributed by atoms with van der Waals surface area (Å²) in [7, 11) is 1.87. The Bertz CT molecular complexity index is 397. The van der Waals surface area contributed by atoms with Crippen LogP contribution in [0.2, 0.25) is 0 Å². The highest BCUT2D eigenvalue weighted by molar-refractivity contribution is 5.92. The predicted molar refractivity (Wildman–Crippen MR) is 68.8 cm³/mol. The average Bonchev–Trinajstić information content (AvgIpc) is 2.97. The first-order chi connectivity index (χ1) is 8.24. The summed E-state index contributed by atoms with van der Waals surface area (Å²) in [5.41, 5.74) is 0.401. The maximum atomic E-state index is 12.1. The van der Waals surface area contributed by atoms with Gasteiger partial charge >= 0.3 is 0 Å². The van der Waals surface area contributed by atoms with Crippen LogP contribution in [0.15, 0.2) is 16.9 Å². The average molecular weight is 272 g/mol. The summed E-state index contributed by atoms with van der Waals surface area (Å²) in [6.45, 7) is 0. The number of nitrogens with zero attached hydrogens (tertiary/aromatic N) is 2. The lowest BCUT2D eigenvalue weighted by molar-refractivity contribution is 0.0671. The smallest absolute Gasteiger partial charge is 0.276 e. The van der Waals surface area contributed by atoms with Crippen molar-refractivity contribution in [1.82, 2.24) is 15.4 Å². The lowest BCUT2D eigenvalue weighted by Crippen LogP contribution is -2.48. The molecule has 0 spiro atoms. The van der Waals surface area contributed by atoms with Crippen molar-refractivity contribution in [2.75, 3.05) is 7.05 Å². The van der Waals surface area contributed by atoms with E-state index in [1.54, 1.807) is 6.07 Å². The molecule has 2 fully saturated rings. The van der Waals surface area contributed by atoms with Crippen LogP contribution in [0, 0.1) is 0 Å². The van der Waals surface area contributed by atoms with Crippen LogP contribution < -0.4 is 5.32 Å². The van der Waals surface area contributed by atoms with Gasteiger partial charge < -0.3 is 14.7 Å². The maximum Gasteiger partial charge on any atom is 0.276 e. The van der Waals surface area contributed by atoms with E-state index < -0.39 is 0 Å². The van der Waals surface area contributed by atoms with E-state index in [2.05, 4.69) is 10.5 Å². The Morgan fingerprint density at radius 2 is 2.11 bits per heavy atom. The van der Waals surface area contributed by atoms with E-state index in [0.29, 0.717) is 23.8 Å². The number of carbonyl (C=O) groups is 1. The third kappa shape index (κ3) is 2.37. The molecular formula is C12H18ClN3O2. The fraction of sp³-hybridized carbons (Fsp3) is 0.667. The number of amides is 1.